The summed E-state index contributed by atoms with van der Waals surface area (Å²) in [6.45, 7) is 4.48. The van der Waals surface area contributed by atoms with Crippen LogP contribution in [0.2, 0.25) is 0 Å². The second-order valence-corrected chi connectivity index (χ2v) is 5.73. The number of nitrogens with two attached hydrogens (primary N) is 1. The Bertz CT molecular complexity index is 513. The molecule has 0 aliphatic heterocycles. The predicted molar refractivity (Wildman–Crippen MR) is 101 cm³/mol. The lowest BCUT2D eigenvalue weighted by Crippen LogP contribution is -2.41. The fourth-order valence-corrected chi connectivity index (χ4v) is 2.89. The molecule has 1 aliphatic carbocycles. The summed E-state index contributed by atoms with van der Waals surface area (Å²) in [6, 6.07) is 0.476. The average Bonchev–Trinajstić information content (AvgIpc) is 2.48. The van der Waals surface area contributed by atoms with Crippen molar-refractivity contribution in [2.75, 3.05) is 7.11 Å². The molecule has 5 nitrogen and oxygen atoms in total. The number of ether oxygens (including phenoxy) is 1. The molecule has 0 radical (unpaired) electrons. The van der Waals surface area contributed by atoms with Crippen LogP contribution in [0.3, 0.4) is 0 Å². The molecule has 0 atom stereocenters. The Hall–Kier alpha value is -1.05. The zero-order chi connectivity index (χ0) is 15.2. The summed E-state index contributed by atoms with van der Waals surface area (Å²) < 4.78 is 5.41. The molecule has 22 heavy (non-hydrogen) atoms. The minimum atomic E-state index is 0. The number of methoxy groups -OCH3 is 1. The number of aromatic nitrogens is 1. The molecule has 0 bridgehead atoms. The van der Waals surface area contributed by atoms with Gasteiger partial charge in [-0.2, -0.15) is 0 Å². The van der Waals surface area contributed by atoms with Gasteiger partial charge in [-0.1, -0.05) is 19.3 Å². The predicted octanol–water partition coefficient (Wildman–Crippen LogP) is 3.06. The molecule has 6 heteroatoms. The van der Waals surface area contributed by atoms with Crippen LogP contribution >= 0.6 is 24.0 Å². The second kappa shape index (κ2) is 9.17. The van der Waals surface area contributed by atoms with Gasteiger partial charge in [-0.25, -0.2) is 4.99 Å². The highest BCUT2D eigenvalue weighted by molar-refractivity contribution is 14.0. The maximum Gasteiger partial charge on any atom is 0.189 e. The number of rotatable bonds is 4. The number of hydrogen-bond donors (Lipinski definition) is 2. The Labute approximate surface area is 150 Å². The number of nitrogens with zero attached hydrogens (tertiary/aromatic N) is 2. The van der Waals surface area contributed by atoms with E-state index in [2.05, 4.69) is 15.3 Å². The van der Waals surface area contributed by atoms with Crippen LogP contribution in [0.5, 0.6) is 5.75 Å². The van der Waals surface area contributed by atoms with E-state index in [-0.39, 0.29) is 24.0 Å². The quantitative estimate of drug-likeness (QED) is 0.448. The molecular formula is C16H27IN4O. The first-order valence-electron chi connectivity index (χ1n) is 7.67. The van der Waals surface area contributed by atoms with Crippen LogP contribution in [0.25, 0.3) is 0 Å². The Morgan fingerprint density at radius 3 is 2.68 bits per heavy atom. The van der Waals surface area contributed by atoms with Crippen molar-refractivity contribution in [3.8, 4) is 5.75 Å². The number of nitrogens with one attached hydrogen (secondary N) is 1. The van der Waals surface area contributed by atoms with E-state index in [1.165, 1.54) is 32.1 Å². The zero-order valence-corrected chi connectivity index (χ0v) is 16.0. The SMILES string of the molecule is COc1c(C)cnc(CN=C(N)NC2CCCCC2)c1C.I. The van der Waals surface area contributed by atoms with Gasteiger partial charge in [0.1, 0.15) is 5.75 Å². The average molecular weight is 418 g/mol. The third-order valence-corrected chi connectivity index (χ3v) is 4.11. The monoisotopic (exact) mass is 418 g/mol. The van der Waals surface area contributed by atoms with Gasteiger partial charge in [0.05, 0.1) is 19.3 Å². The molecular weight excluding hydrogens is 391 g/mol. The van der Waals surface area contributed by atoms with E-state index in [1.807, 2.05) is 20.0 Å². The van der Waals surface area contributed by atoms with Crippen molar-refractivity contribution in [2.24, 2.45) is 10.7 Å². The summed E-state index contributed by atoms with van der Waals surface area (Å²) in [5.41, 5.74) is 8.96. The highest BCUT2D eigenvalue weighted by Crippen LogP contribution is 2.24. The van der Waals surface area contributed by atoms with Gasteiger partial charge in [-0.05, 0) is 26.7 Å². The molecule has 124 valence electrons. The molecule has 0 spiro atoms. The number of halogens is 1. The number of guanidine groups is 1. The number of aliphatic imine (C=N–C) groups is 1. The van der Waals surface area contributed by atoms with Crippen molar-refractivity contribution in [1.82, 2.24) is 10.3 Å². The molecule has 1 aromatic heterocycles. The smallest absolute Gasteiger partial charge is 0.189 e. The maximum atomic E-state index is 5.98. The van der Waals surface area contributed by atoms with Crippen molar-refractivity contribution in [3.05, 3.63) is 23.0 Å². The lowest BCUT2D eigenvalue weighted by molar-refractivity contribution is 0.406. The first kappa shape index (κ1) is 19.0. The highest BCUT2D eigenvalue weighted by Gasteiger charge is 2.13. The highest BCUT2D eigenvalue weighted by atomic mass is 127. The van der Waals surface area contributed by atoms with Crippen molar-refractivity contribution in [1.29, 1.82) is 0 Å². The minimum absolute atomic E-state index is 0. The minimum Gasteiger partial charge on any atom is -0.496 e. The molecule has 1 heterocycles. The largest absolute Gasteiger partial charge is 0.496 e. The van der Waals surface area contributed by atoms with Gasteiger partial charge in [-0.15, -0.1) is 24.0 Å². The van der Waals surface area contributed by atoms with Crippen molar-refractivity contribution in [3.63, 3.8) is 0 Å². The van der Waals surface area contributed by atoms with Crippen LogP contribution in [0, 0.1) is 13.8 Å². The van der Waals surface area contributed by atoms with Crippen LogP contribution < -0.4 is 15.8 Å². The topological polar surface area (TPSA) is 72.5 Å². The summed E-state index contributed by atoms with van der Waals surface area (Å²) in [5, 5.41) is 3.32. The van der Waals surface area contributed by atoms with E-state index in [4.69, 9.17) is 10.5 Å². The van der Waals surface area contributed by atoms with Crippen LogP contribution in [-0.4, -0.2) is 24.1 Å². The molecule has 0 saturated heterocycles. The number of pyridine rings is 1. The van der Waals surface area contributed by atoms with Gasteiger partial charge in [0, 0.05) is 23.4 Å². The maximum absolute atomic E-state index is 5.98. The van der Waals surface area contributed by atoms with Crippen LogP contribution in [0.1, 0.15) is 48.9 Å². The van der Waals surface area contributed by atoms with Gasteiger partial charge in [-0.3, -0.25) is 4.98 Å². The molecule has 0 aromatic carbocycles. The van der Waals surface area contributed by atoms with Crippen molar-refractivity contribution in [2.45, 2.75) is 58.5 Å². The molecule has 1 saturated carbocycles. The van der Waals surface area contributed by atoms with E-state index in [1.54, 1.807) is 7.11 Å². The van der Waals surface area contributed by atoms with Crippen LogP contribution in [-0.2, 0) is 6.54 Å². The third kappa shape index (κ3) is 5.00. The fraction of sp³-hybridized carbons (Fsp3) is 0.625. The van der Waals surface area contributed by atoms with Gasteiger partial charge >= 0.3 is 0 Å². The van der Waals surface area contributed by atoms with Gasteiger partial charge in [0.25, 0.3) is 0 Å². The Kier molecular flexibility index (Phi) is 7.92. The molecule has 0 amide bonds. The zero-order valence-electron chi connectivity index (χ0n) is 13.7. The van der Waals surface area contributed by atoms with Crippen LogP contribution in [0.15, 0.2) is 11.2 Å². The van der Waals surface area contributed by atoms with E-state index < -0.39 is 0 Å². The van der Waals surface area contributed by atoms with E-state index in [9.17, 15) is 0 Å². The first-order chi connectivity index (χ1) is 10.1. The Morgan fingerprint density at radius 1 is 1.36 bits per heavy atom. The van der Waals surface area contributed by atoms with E-state index in [0.717, 1.165) is 22.6 Å². The number of hydrogen-bond acceptors (Lipinski definition) is 3. The summed E-state index contributed by atoms with van der Waals surface area (Å²) in [6.07, 6.45) is 8.09. The van der Waals surface area contributed by atoms with Crippen molar-refractivity contribution < 1.29 is 4.74 Å². The molecule has 1 aliphatic rings. The summed E-state index contributed by atoms with van der Waals surface area (Å²) in [4.78, 5) is 8.85. The lowest BCUT2D eigenvalue weighted by Gasteiger charge is -2.23. The second-order valence-electron chi connectivity index (χ2n) is 5.73. The Balaban J connectivity index is 0.00000242. The van der Waals surface area contributed by atoms with Crippen LogP contribution in [0.4, 0.5) is 0 Å². The summed E-state index contributed by atoms with van der Waals surface area (Å²) in [7, 11) is 1.68. The van der Waals surface area contributed by atoms with Gasteiger partial charge in [0.2, 0.25) is 0 Å². The summed E-state index contributed by atoms with van der Waals surface area (Å²) in [5.74, 6) is 1.40. The van der Waals surface area contributed by atoms with E-state index in [0.29, 0.717) is 18.5 Å². The third-order valence-electron chi connectivity index (χ3n) is 4.11. The van der Waals surface area contributed by atoms with E-state index >= 15 is 0 Å². The van der Waals surface area contributed by atoms with Gasteiger partial charge in [0.15, 0.2) is 5.96 Å². The standard InChI is InChI=1S/C16H26N4O.HI/c1-11-9-18-14(12(2)15(11)21-3)10-19-16(17)20-13-7-5-4-6-8-13;/h9,13H,4-8,10H2,1-3H3,(H3,17,19,20);1H. The van der Waals surface area contributed by atoms with Gasteiger partial charge < -0.3 is 15.8 Å². The summed E-state index contributed by atoms with van der Waals surface area (Å²) >= 11 is 0. The molecule has 0 unspecified atom stereocenters. The fourth-order valence-electron chi connectivity index (χ4n) is 2.89. The Morgan fingerprint density at radius 2 is 2.05 bits per heavy atom. The lowest BCUT2D eigenvalue weighted by atomic mass is 9.96. The molecule has 1 fully saturated rings. The number of aryl methyl sites for hydroxylation is 1. The first-order valence-corrected chi connectivity index (χ1v) is 7.67. The van der Waals surface area contributed by atoms with Crippen molar-refractivity contribution >= 4 is 29.9 Å². The normalized spacial score (nSPS) is 16.0. The molecule has 1 aromatic rings. The molecule has 2 rings (SSSR count). The molecule has 3 N–H and O–H groups in total.